The zero-order chi connectivity index (χ0) is 17.3. The van der Waals surface area contributed by atoms with Crippen molar-refractivity contribution in [2.24, 2.45) is 0 Å². The predicted octanol–water partition coefficient (Wildman–Crippen LogP) is 3.96. The summed E-state index contributed by atoms with van der Waals surface area (Å²) in [5.74, 6) is -0.0183. The average Bonchev–Trinajstić information content (AvgIpc) is 2.45. The number of Topliss-reactive ketones (excluding diaryl/α,β-unsaturated/α-hetero) is 1. The summed E-state index contributed by atoms with van der Waals surface area (Å²) in [6, 6.07) is 5.38. The molecular formula is C17H27NO4. The first kappa shape index (κ1) is 20.0. The summed E-state index contributed by atoms with van der Waals surface area (Å²) in [6.45, 7) is 11.0. The number of alkyl carbamates (subject to hydrolysis) is 1. The highest BCUT2D eigenvalue weighted by molar-refractivity contribution is 5.88. The monoisotopic (exact) mass is 309 g/mol. The van der Waals surface area contributed by atoms with E-state index in [1.165, 1.54) is 12.1 Å². The Bertz CT molecular complexity index is 474. The van der Waals surface area contributed by atoms with Crippen molar-refractivity contribution in [2.45, 2.75) is 59.6 Å². The second-order valence-electron chi connectivity index (χ2n) is 5.49. The number of amides is 1. The lowest BCUT2D eigenvalue weighted by atomic mass is 10.0. The molecule has 0 fully saturated rings. The van der Waals surface area contributed by atoms with Crippen molar-refractivity contribution in [3.63, 3.8) is 0 Å². The van der Waals surface area contributed by atoms with Gasteiger partial charge in [-0.25, -0.2) is 4.79 Å². The molecule has 22 heavy (non-hydrogen) atoms. The molecule has 2 N–H and O–H groups in total. The highest BCUT2D eigenvalue weighted by atomic mass is 16.6. The highest BCUT2D eigenvalue weighted by Crippen LogP contribution is 2.19. The Morgan fingerprint density at radius 2 is 1.68 bits per heavy atom. The summed E-state index contributed by atoms with van der Waals surface area (Å²) < 4.78 is 5.16. The lowest BCUT2D eigenvalue weighted by Gasteiger charge is -2.23. The number of rotatable bonds is 4. The fraction of sp³-hybridized carbons (Fsp3) is 0.529. The van der Waals surface area contributed by atoms with Crippen molar-refractivity contribution >= 4 is 11.9 Å². The van der Waals surface area contributed by atoms with E-state index in [1.807, 2.05) is 13.8 Å². The molecular weight excluding hydrogens is 282 g/mol. The van der Waals surface area contributed by atoms with Crippen molar-refractivity contribution < 1.29 is 19.4 Å². The lowest BCUT2D eigenvalue weighted by molar-refractivity contribution is -0.121. The molecule has 0 aliphatic heterocycles. The van der Waals surface area contributed by atoms with Crippen LogP contribution < -0.4 is 5.32 Å². The normalized spacial score (nSPS) is 11.7. The Hall–Kier alpha value is -2.04. The van der Waals surface area contributed by atoms with Crippen molar-refractivity contribution in [1.82, 2.24) is 5.32 Å². The standard InChI is InChI=1S/C15H21NO4.C2H6/c1-5-12(18)13(10-6-8-11(17)9-7-10)16-14(19)20-15(2,3)4;1-2/h6-9,13,17H,5H2,1-4H3,(H,16,19);1-2H3. The first-order chi connectivity index (χ1) is 10.2. The van der Waals surface area contributed by atoms with Gasteiger partial charge in [0.15, 0.2) is 5.78 Å². The van der Waals surface area contributed by atoms with E-state index in [1.54, 1.807) is 39.8 Å². The fourth-order valence-electron chi connectivity index (χ4n) is 1.65. The van der Waals surface area contributed by atoms with Crippen LogP contribution in [0.4, 0.5) is 4.79 Å². The van der Waals surface area contributed by atoms with Crippen molar-refractivity contribution in [3.8, 4) is 5.75 Å². The van der Waals surface area contributed by atoms with Crippen molar-refractivity contribution in [2.75, 3.05) is 0 Å². The molecule has 0 saturated heterocycles. The molecule has 124 valence electrons. The van der Waals surface area contributed by atoms with Gasteiger partial charge in [-0.1, -0.05) is 32.9 Å². The molecule has 0 saturated carbocycles. The Morgan fingerprint density at radius 1 is 1.18 bits per heavy atom. The number of ketones is 1. The summed E-state index contributed by atoms with van der Waals surface area (Å²) in [4.78, 5) is 23.8. The number of carbonyl (C=O) groups is 2. The smallest absolute Gasteiger partial charge is 0.408 e. The molecule has 0 bridgehead atoms. The quantitative estimate of drug-likeness (QED) is 0.882. The van der Waals surface area contributed by atoms with Crippen LogP contribution in [0.1, 0.15) is 59.6 Å². The second-order valence-corrected chi connectivity index (χ2v) is 5.49. The number of phenols is 1. The molecule has 1 atom stereocenters. The van der Waals surface area contributed by atoms with Gasteiger partial charge < -0.3 is 15.2 Å². The van der Waals surface area contributed by atoms with E-state index in [2.05, 4.69) is 5.32 Å². The van der Waals surface area contributed by atoms with E-state index in [-0.39, 0.29) is 11.5 Å². The number of aromatic hydroxyl groups is 1. The maximum Gasteiger partial charge on any atom is 0.408 e. The van der Waals surface area contributed by atoms with Gasteiger partial charge in [-0.3, -0.25) is 4.79 Å². The highest BCUT2D eigenvalue weighted by Gasteiger charge is 2.24. The summed E-state index contributed by atoms with van der Waals surface area (Å²) in [5, 5.41) is 11.8. The summed E-state index contributed by atoms with van der Waals surface area (Å²) >= 11 is 0. The van der Waals surface area contributed by atoms with Crippen LogP contribution in [0.2, 0.25) is 0 Å². The molecule has 1 aromatic rings. The van der Waals surface area contributed by atoms with Gasteiger partial charge in [0.05, 0.1) is 0 Å². The fourth-order valence-corrected chi connectivity index (χ4v) is 1.65. The van der Waals surface area contributed by atoms with Crippen LogP contribution in [0.5, 0.6) is 5.75 Å². The van der Waals surface area contributed by atoms with E-state index in [0.717, 1.165) is 0 Å². The predicted molar refractivity (Wildman–Crippen MR) is 86.9 cm³/mol. The van der Waals surface area contributed by atoms with Gasteiger partial charge in [-0.2, -0.15) is 0 Å². The Morgan fingerprint density at radius 3 is 2.09 bits per heavy atom. The van der Waals surface area contributed by atoms with Crippen molar-refractivity contribution in [3.05, 3.63) is 29.8 Å². The molecule has 5 heteroatoms. The Labute approximate surface area is 132 Å². The van der Waals surface area contributed by atoms with Gasteiger partial charge in [-0.05, 0) is 38.5 Å². The van der Waals surface area contributed by atoms with Gasteiger partial charge in [-0.15, -0.1) is 0 Å². The van der Waals surface area contributed by atoms with Gasteiger partial charge in [0.2, 0.25) is 0 Å². The number of hydrogen-bond donors (Lipinski definition) is 2. The first-order valence-electron chi connectivity index (χ1n) is 7.54. The SMILES string of the molecule is CC.CCC(=O)C(NC(=O)OC(C)(C)C)c1ccc(O)cc1. The molecule has 0 spiro atoms. The lowest BCUT2D eigenvalue weighted by Crippen LogP contribution is -2.37. The largest absolute Gasteiger partial charge is 0.508 e. The second kappa shape index (κ2) is 9.07. The third-order valence-corrected chi connectivity index (χ3v) is 2.56. The van der Waals surface area contributed by atoms with E-state index in [9.17, 15) is 14.7 Å². The molecule has 5 nitrogen and oxygen atoms in total. The minimum atomic E-state index is -0.768. The van der Waals surface area contributed by atoms with E-state index in [0.29, 0.717) is 12.0 Å². The molecule has 0 heterocycles. The molecule has 0 aliphatic rings. The minimum absolute atomic E-state index is 0.105. The van der Waals surface area contributed by atoms with E-state index in [4.69, 9.17) is 4.74 Å². The van der Waals surface area contributed by atoms with Crippen LogP contribution >= 0.6 is 0 Å². The molecule has 1 unspecified atom stereocenters. The Kier molecular flexibility index (Phi) is 8.23. The van der Waals surface area contributed by atoms with Crippen LogP contribution in [0, 0.1) is 0 Å². The molecule has 0 aromatic heterocycles. The number of hydrogen-bond acceptors (Lipinski definition) is 4. The number of phenolic OH excluding ortho intramolecular Hbond substituents is 1. The van der Waals surface area contributed by atoms with Gasteiger partial charge in [0, 0.05) is 6.42 Å². The average molecular weight is 309 g/mol. The van der Waals surface area contributed by atoms with Gasteiger partial charge >= 0.3 is 6.09 Å². The van der Waals surface area contributed by atoms with Crippen LogP contribution in [0.15, 0.2) is 24.3 Å². The van der Waals surface area contributed by atoms with Gasteiger partial charge in [0.25, 0.3) is 0 Å². The maximum atomic E-state index is 12.0. The van der Waals surface area contributed by atoms with Gasteiger partial charge in [0.1, 0.15) is 17.4 Å². The number of carbonyl (C=O) groups excluding carboxylic acids is 2. The van der Waals surface area contributed by atoms with Crippen LogP contribution in [-0.2, 0) is 9.53 Å². The van der Waals surface area contributed by atoms with E-state index >= 15 is 0 Å². The number of nitrogens with one attached hydrogen (secondary N) is 1. The number of benzene rings is 1. The number of ether oxygens (including phenoxy) is 1. The topological polar surface area (TPSA) is 75.6 Å². The van der Waals surface area contributed by atoms with Crippen LogP contribution in [-0.4, -0.2) is 22.6 Å². The van der Waals surface area contributed by atoms with Crippen LogP contribution in [0.3, 0.4) is 0 Å². The van der Waals surface area contributed by atoms with Crippen LogP contribution in [0.25, 0.3) is 0 Å². The molecule has 1 rings (SSSR count). The molecule has 0 aliphatic carbocycles. The van der Waals surface area contributed by atoms with Crippen molar-refractivity contribution in [1.29, 1.82) is 0 Å². The third kappa shape index (κ3) is 7.11. The zero-order valence-electron chi connectivity index (χ0n) is 14.3. The molecule has 1 amide bonds. The summed E-state index contributed by atoms with van der Waals surface area (Å²) in [5.41, 5.74) is -0.0146. The first-order valence-corrected chi connectivity index (χ1v) is 7.54. The maximum absolute atomic E-state index is 12.0. The molecule has 0 radical (unpaired) electrons. The summed E-state index contributed by atoms with van der Waals surface area (Å²) in [7, 11) is 0. The molecule has 1 aromatic carbocycles. The third-order valence-electron chi connectivity index (χ3n) is 2.56. The zero-order valence-corrected chi connectivity index (χ0v) is 14.3. The van der Waals surface area contributed by atoms with E-state index < -0.39 is 17.7 Å². The minimum Gasteiger partial charge on any atom is -0.508 e. The summed E-state index contributed by atoms with van der Waals surface area (Å²) in [6.07, 6.45) is -0.348. The Balaban J connectivity index is 0.00000211.